The van der Waals surface area contributed by atoms with Crippen LogP contribution in [-0.4, -0.2) is 124 Å². The Hall–Kier alpha value is -6.14. The topological polar surface area (TPSA) is 185 Å². The lowest BCUT2D eigenvalue weighted by molar-refractivity contribution is -0.128. The van der Waals surface area contributed by atoms with E-state index in [2.05, 4.69) is 34.7 Å². The van der Waals surface area contributed by atoms with Gasteiger partial charge in [0.15, 0.2) is 0 Å². The number of amides is 4. The number of sulfonamides is 1. The Labute approximate surface area is 427 Å². The Morgan fingerprint density at radius 1 is 0.931 bits per heavy atom. The van der Waals surface area contributed by atoms with Crippen LogP contribution < -0.4 is 5.32 Å². The Morgan fingerprint density at radius 2 is 1.58 bits per heavy atom. The standard InChI is InChI=1S/C55H67N7O8S2/c1-5-38(4)52(53(64)58-49(29-39-15-7-6-8-16-39)50(63)33-60(31-41-17-9-10-18-41)72(68,69)43-25-23-40(24-26-43)30-56-67)61-28-27-59(54(61)65)32-42-36-71-51(57-42)34-62(37(2)3)55(66)70-35-48-46-21-13-11-19-44(46)45-20-12-14-22-47(45)48/h6-8,11-16,19-26,30,36-38,41,48-50,52,63,67H,5,9-10,17-18,27-29,31-35H2,1-4H3,(H,58,64)/t38-,49-,50+,52-/m0/s1. The molecule has 2 fully saturated rings. The zero-order valence-electron chi connectivity index (χ0n) is 41.5. The van der Waals surface area contributed by atoms with Crippen molar-refractivity contribution in [2.24, 2.45) is 17.0 Å². The molecule has 2 aliphatic carbocycles. The van der Waals surface area contributed by atoms with Gasteiger partial charge in [0.2, 0.25) is 15.9 Å². The summed E-state index contributed by atoms with van der Waals surface area (Å²) < 4.78 is 36.0. The maximum atomic E-state index is 14.7. The SMILES string of the molecule is CC[C@H](C)[C@@H](C(=O)N[C@@H](Cc1ccccc1)[C@H](O)CN(CC1CCCC1)S(=O)(=O)c1ccc(C=NO)cc1)N1CCN(Cc2csc(CN(C(=O)OCC3c4ccccc4-c4ccccc43)C(C)C)n2)C1=O. The smallest absolute Gasteiger partial charge is 0.410 e. The van der Waals surface area contributed by atoms with Crippen molar-refractivity contribution in [3.8, 4) is 11.1 Å². The molecule has 3 aliphatic rings. The number of aromatic nitrogens is 1. The number of aliphatic hydroxyl groups is 1. The molecule has 1 aromatic heterocycles. The number of carbonyl (C=O) groups is 3. The predicted octanol–water partition coefficient (Wildman–Crippen LogP) is 8.73. The molecule has 1 saturated carbocycles. The average Bonchev–Trinajstić information content (AvgIpc) is 4.20. The van der Waals surface area contributed by atoms with Crippen LogP contribution in [0.5, 0.6) is 0 Å². The third-order valence-corrected chi connectivity index (χ3v) is 17.2. The molecule has 15 nitrogen and oxygen atoms in total. The molecule has 4 atom stereocenters. The fourth-order valence-electron chi connectivity index (χ4n) is 10.4. The van der Waals surface area contributed by atoms with Crippen molar-refractivity contribution >= 4 is 45.6 Å². The largest absolute Gasteiger partial charge is 0.448 e. The van der Waals surface area contributed by atoms with Gasteiger partial charge < -0.3 is 30.2 Å². The van der Waals surface area contributed by atoms with Crippen LogP contribution in [0.4, 0.5) is 9.59 Å². The van der Waals surface area contributed by atoms with E-state index in [0.717, 1.165) is 53.5 Å². The number of ether oxygens (including phenoxy) is 1. The van der Waals surface area contributed by atoms with Gasteiger partial charge in [-0.25, -0.2) is 23.0 Å². The van der Waals surface area contributed by atoms with Crippen molar-refractivity contribution in [1.29, 1.82) is 0 Å². The number of hydrogen-bond donors (Lipinski definition) is 3. The number of thiazole rings is 1. The number of oxime groups is 1. The number of benzene rings is 4. The van der Waals surface area contributed by atoms with Gasteiger partial charge in [-0.15, -0.1) is 11.3 Å². The van der Waals surface area contributed by atoms with Crippen molar-refractivity contribution in [2.45, 2.75) is 114 Å². The van der Waals surface area contributed by atoms with Crippen molar-refractivity contribution in [3.05, 3.63) is 141 Å². The van der Waals surface area contributed by atoms with Gasteiger partial charge in [-0.3, -0.25) is 9.69 Å². The minimum absolute atomic E-state index is 0.0420. The van der Waals surface area contributed by atoms with E-state index in [1.54, 1.807) is 26.8 Å². The number of nitrogens with zero attached hydrogens (tertiary/aromatic N) is 6. The summed E-state index contributed by atoms with van der Waals surface area (Å²) in [5, 5.41) is 29.9. The van der Waals surface area contributed by atoms with Crippen LogP contribution in [0.1, 0.15) is 98.7 Å². The molecule has 1 saturated heterocycles. The van der Waals surface area contributed by atoms with Crippen molar-refractivity contribution in [3.63, 3.8) is 0 Å². The van der Waals surface area contributed by atoms with E-state index >= 15 is 0 Å². The normalized spacial score (nSPS) is 16.8. The van der Waals surface area contributed by atoms with Gasteiger partial charge in [0, 0.05) is 43.5 Å². The first-order valence-corrected chi connectivity index (χ1v) is 27.5. The Morgan fingerprint density at radius 3 is 2.22 bits per heavy atom. The highest BCUT2D eigenvalue weighted by Gasteiger charge is 2.42. The van der Waals surface area contributed by atoms with Crippen LogP contribution in [0.25, 0.3) is 11.1 Å². The van der Waals surface area contributed by atoms with Gasteiger partial charge in [-0.2, -0.15) is 4.31 Å². The molecule has 0 bridgehead atoms. The summed E-state index contributed by atoms with van der Waals surface area (Å²) in [5.74, 6) is -0.628. The molecular weight excluding hydrogens is 951 g/mol. The summed E-state index contributed by atoms with van der Waals surface area (Å²) in [6.45, 7) is 9.05. The van der Waals surface area contributed by atoms with Crippen LogP contribution in [-0.2, 0) is 39.1 Å². The number of urea groups is 1. The minimum atomic E-state index is -4.10. The van der Waals surface area contributed by atoms with Gasteiger partial charge in [-0.1, -0.05) is 129 Å². The zero-order chi connectivity index (χ0) is 50.9. The average molecular weight is 1020 g/mol. The quantitative estimate of drug-likeness (QED) is 0.0347. The summed E-state index contributed by atoms with van der Waals surface area (Å²) in [6, 6.07) is 29.7. The maximum Gasteiger partial charge on any atom is 0.410 e. The van der Waals surface area contributed by atoms with Crippen LogP contribution in [0, 0.1) is 11.8 Å². The molecule has 4 amide bonds. The van der Waals surface area contributed by atoms with Crippen molar-refractivity contribution in [2.75, 3.05) is 32.8 Å². The first-order chi connectivity index (χ1) is 34.7. The summed E-state index contributed by atoms with van der Waals surface area (Å²) in [7, 11) is -4.10. The third-order valence-electron chi connectivity index (χ3n) is 14.5. The molecule has 2 heterocycles. The molecule has 0 spiro atoms. The van der Waals surface area contributed by atoms with E-state index in [1.807, 2.05) is 87.7 Å². The molecule has 17 heteroatoms. The lowest BCUT2D eigenvalue weighted by atomic mass is 9.95. The zero-order valence-corrected chi connectivity index (χ0v) is 43.2. The molecule has 4 aromatic carbocycles. The number of fused-ring (bicyclic) bond motifs is 3. The lowest BCUT2D eigenvalue weighted by Crippen LogP contribution is -2.57. The molecule has 8 rings (SSSR count). The van der Waals surface area contributed by atoms with E-state index < -0.39 is 40.2 Å². The maximum absolute atomic E-state index is 14.7. The van der Waals surface area contributed by atoms with Crippen LogP contribution in [0.15, 0.2) is 119 Å². The van der Waals surface area contributed by atoms with Crippen LogP contribution in [0.2, 0.25) is 0 Å². The minimum Gasteiger partial charge on any atom is -0.448 e. The van der Waals surface area contributed by atoms with Gasteiger partial charge in [0.25, 0.3) is 0 Å². The summed E-state index contributed by atoms with van der Waals surface area (Å²) in [4.78, 5) is 52.6. The van der Waals surface area contributed by atoms with E-state index in [9.17, 15) is 27.9 Å². The highest BCUT2D eigenvalue weighted by atomic mass is 32.2. The van der Waals surface area contributed by atoms with Crippen LogP contribution >= 0.6 is 11.3 Å². The first-order valence-electron chi connectivity index (χ1n) is 25.2. The number of rotatable bonds is 22. The highest BCUT2D eigenvalue weighted by Crippen LogP contribution is 2.44. The van der Waals surface area contributed by atoms with Crippen molar-refractivity contribution < 1.29 is 37.9 Å². The Kier molecular flexibility index (Phi) is 17.1. The van der Waals surface area contributed by atoms with E-state index in [4.69, 9.17) is 14.9 Å². The summed E-state index contributed by atoms with van der Waals surface area (Å²) in [6.07, 6.45) is 4.03. The van der Waals surface area contributed by atoms with Gasteiger partial charge in [0.05, 0.1) is 42.0 Å². The Balaban J connectivity index is 0.933. The van der Waals surface area contributed by atoms with Gasteiger partial charge in [0.1, 0.15) is 17.7 Å². The van der Waals surface area contributed by atoms with E-state index in [1.165, 1.54) is 34.0 Å². The molecule has 3 N–H and O–H groups in total. The molecular formula is C55H67N7O8S2. The molecule has 0 radical (unpaired) electrons. The number of nitrogens with one attached hydrogen (secondary N) is 1. The van der Waals surface area contributed by atoms with Gasteiger partial charge in [-0.05, 0) is 90.5 Å². The number of carbonyl (C=O) groups excluding carboxylic acids is 3. The second-order valence-corrected chi connectivity index (χ2v) is 22.5. The number of aliphatic hydroxyl groups excluding tert-OH is 1. The summed E-state index contributed by atoms with van der Waals surface area (Å²) >= 11 is 1.41. The van der Waals surface area contributed by atoms with Gasteiger partial charge >= 0.3 is 12.1 Å². The molecule has 0 unspecified atom stereocenters. The van der Waals surface area contributed by atoms with Crippen molar-refractivity contribution in [1.82, 2.24) is 29.3 Å². The first kappa shape index (κ1) is 52.2. The molecule has 382 valence electrons. The fraction of sp³-hybridized carbons (Fsp3) is 0.436. The highest BCUT2D eigenvalue weighted by molar-refractivity contribution is 7.89. The molecule has 1 aliphatic heterocycles. The molecule has 72 heavy (non-hydrogen) atoms. The monoisotopic (exact) mass is 1020 g/mol. The van der Waals surface area contributed by atoms with E-state index in [-0.39, 0.29) is 73.9 Å². The lowest BCUT2D eigenvalue weighted by Gasteiger charge is -2.35. The van der Waals surface area contributed by atoms with Crippen LogP contribution in [0.3, 0.4) is 0 Å². The summed E-state index contributed by atoms with van der Waals surface area (Å²) in [5.41, 5.74) is 6.64. The Bertz CT molecular complexity index is 2740. The predicted molar refractivity (Wildman–Crippen MR) is 278 cm³/mol. The third kappa shape index (κ3) is 12.0. The fourth-order valence-corrected chi connectivity index (χ4v) is 12.7. The molecule has 5 aromatic rings. The van der Waals surface area contributed by atoms with E-state index in [0.29, 0.717) is 35.8 Å². The number of hydrogen-bond acceptors (Lipinski definition) is 11. The second-order valence-electron chi connectivity index (χ2n) is 19.6. The second kappa shape index (κ2) is 23.6.